The summed E-state index contributed by atoms with van der Waals surface area (Å²) in [5.41, 5.74) is 1.72. The minimum atomic E-state index is -0.507. The van der Waals surface area contributed by atoms with E-state index in [-0.39, 0.29) is 11.5 Å². The molecular formula is C11H9IN4O2. The molecule has 0 radical (unpaired) electrons. The van der Waals surface area contributed by atoms with Crippen molar-refractivity contribution in [3.8, 4) is 0 Å². The Bertz CT molecular complexity index is 586. The van der Waals surface area contributed by atoms with Gasteiger partial charge in [-0.3, -0.25) is 10.1 Å². The number of aromatic nitrogens is 2. The van der Waals surface area contributed by atoms with Crippen LogP contribution in [0.1, 0.15) is 5.56 Å². The molecule has 1 N–H and O–H groups in total. The summed E-state index contributed by atoms with van der Waals surface area (Å²) >= 11 is 1.91. The maximum atomic E-state index is 10.9. The molecule has 0 saturated heterocycles. The lowest BCUT2D eigenvalue weighted by Gasteiger charge is -2.06. The van der Waals surface area contributed by atoms with Gasteiger partial charge in [0.25, 0.3) is 0 Å². The Morgan fingerprint density at radius 3 is 2.61 bits per heavy atom. The third-order valence-electron chi connectivity index (χ3n) is 2.25. The van der Waals surface area contributed by atoms with Gasteiger partial charge < -0.3 is 5.32 Å². The van der Waals surface area contributed by atoms with Crippen LogP contribution in [0.5, 0.6) is 0 Å². The molecule has 0 bridgehead atoms. The van der Waals surface area contributed by atoms with Crippen LogP contribution >= 0.6 is 22.6 Å². The zero-order valence-electron chi connectivity index (χ0n) is 9.42. The van der Waals surface area contributed by atoms with Crippen LogP contribution in [0.2, 0.25) is 0 Å². The molecule has 0 saturated carbocycles. The average molecular weight is 356 g/mol. The summed E-state index contributed by atoms with van der Waals surface area (Å²) in [6.07, 6.45) is 1.20. The molecule has 0 unspecified atom stereocenters. The van der Waals surface area contributed by atoms with Crippen LogP contribution in [0.4, 0.5) is 17.2 Å². The van der Waals surface area contributed by atoms with Gasteiger partial charge in [0, 0.05) is 28.3 Å². The molecule has 2 aromatic rings. The lowest BCUT2D eigenvalue weighted by Crippen LogP contribution is -2.02. The molecule has 0 amide bonds. The van der Waals surface area contributed by atoms with Crippen LogP contribution in [-0.4, -0.2) is 14.9 Å². The van der Waals surface area contributed by atoms with Gasteiger partial charge in [0.1, 0.15) is 6.20 Å². The van der Waals surface area contributed by atoms with Crippen molar-refractivity contribution in [2.45, 2.75) is 6.92 Å². The Morgan fingerprint density at radius 1 is 1.33 bits per heavy atom. The van der Waals surface area contributed by atoms with Crippen molar-refractivity contribution >= 4 is 39.8 Å². The van der Waals surface area contributed by atoms with Gasteiger partial charge in [0.15, 0.2) is 3.83 Å². The summed E-state index contributed by atoms with van der Waals surface area (Å²) in [4.78, 5) is 18.2. The second kappa shape index (κ2) is 5.25. The summed E-state index contributed by atoms with van der Waals surface area (Å²) in [5, 5.41) is 13.8. The fourth-order valence-electron chi connectivity index (χ4n) is 1.35. The first kappa shape index (κ1) is 12.7. The second-order valence-electron chi connectivity index (χ2n) is 3.62. The molecule has 0 aliphatic rings. The summed E-state index contributed by atoms with van der Waals surface area (Å²) < 4.78 is 0.452. The quantitative estimate of drug-likeness (QED) is 0.396. The van der Waals surface area contributed by atoms with E-state index in [0.29, 0.717) is 3.83 Å². The van der Waals surface area contributed by atoms with E-state index >= 15 is 0 Å². The highest BCUT2D eigenvalue weighted by Crippen LogP contribution is 2.24. The zero-order chi connectivity index (χ0) is 13.1. The molecule has 1 heterocycles. The highest BCUT2D eigenvalue weighted by molar-refractivity contribution is 14.1. The van der Waals surface area contributed by atoms with Crippen molar-refractivity contribution in [1.82, 2.24) is 9.97 Å². The molecule has 7 heteroatoms. The van der Waals surface area contributed by atoms with Crippen LogP contribution < -0.4 is 5.32 Å². The van der Waals surface area contributed by atoms with E-state index in [9.17, 15) is 10.1 Å². The lowest BCUT2D eigenvalue weighted by atomic mass is 10.2. The maximum Gasteiger partial charge on any atom is 0.329 e. The maximum absolute atomic E-state index is 10.9. The van der Waals surface area contributed by atoms with Crippen LogP contribution in [0, 0.1) is 20.9 Å². The van der Waals surface area contributed by atoms with Crippen LogP contribution in [0.3, 0.4) is 0 Å². The van der Waals surface area contributed by atoms with Crippen molar-refractivity contribution in [2.75, 3.05) is 5.32 Å². The SMILES string of the molecule is Cc1ccc(Nc2nc(I)ncc2[N+](=O)[O-])cc1. The number of anilines is 2. The minimum absolute atomic E-state index is 0.143. The summed E-state index contributed by atoms with van der Waals surface area (Å²) in [6, 6.07) is 7.52. The molecule has 0 fully saturated rings. The van der Waals surface area contributed by atoms with Crippen LogP contribution in [0.25, 0.3) is 0 Å². The van der Waals surface area contributed by atoms with Gasteiger partial charge in [-0.25, -0.2) is 4.98 Å². The van der Waals surface area contributed by atoms with Crippen molar-refractivity contribution in [1.29, 1.82) is 0 Å². The number of nitrogens with one attached hydrogen (secondary N) is 1. The summed E-state index contributed by atoms with van der Waals surface area (Å²) in [7, 11) is 0. The third kappa shape index (κ3) is 2.92. The van der Waals surface area contributed by atoms with Crippen molar-refractivity contribution in [3.63, 3.8) is 0 Å². The summed E-state index contributed by atoms with van der Waals surface area (Å²) in [5.74, 6) is 0.197. The first-order chi connectivity index (χ1) is 8.56. The van der Waals surface area contributed by atoms with Gasteiger partial charge in [-0.15, -0.1) is 0 Å². The molecule has 6 nitrogen and oxygen atoms in total. The normalized spacial score (nSPS) is 10.1. The van der Waals surface area contributed by atoms with Crippen molar-refractivity contribution in [3.05, 3.63) is 50.0 Å². The van der Waals surface area contributed by atoms with Gasteiger partial charge in [-0.1, -0.05) is 17.7 Å². The average Bonchev–Trinajstić information content (AvgIpc) is 2.32. The fraction of sp³-hybridized carbons (Fsp3) is 0.0909. The number of rotatable bonds is 3. The van der Waals surface area contributed by atoms with E-state index in [0.717, 1.165) is 11.3 Å². The molecule has 92 valence electrons. The Morgan fingerprint density at radius 2 is 2.00 bits per heavy atom. The molecule has 0 spiro atoms. The van der Waals surface area contributed by atoms with Gasteiger partial charge in [0.05, 0.1) is 4.92 Å². The molecule has 1 aromatic heterocycles. The number of aryl methyl sites for hydroxylation is 1. The van der Waals surface area contributed by atoms with E-state index in [1.165, 1.54) is 6.20 Å². The highest BCUT2D eigenvalue weighted by atomic mass is 127. The van der Waals surface area contributed by atoms with E-state index in [1.54, 1.807) is 0 Å². The Hall–Kier alpha value is -1.77. The largest absolute Gasteiger partial charge is 0.334 e. The lowest BCUT2D eigenvalue weighted by molar-refractivity contribution is -0.384. The van der Waals surface area contributed by atoms with E-state index in [4.69, 9.17) is 0 Å². The molecule has 18 heavy (non-hydrogen) atoms. The Balaban J connectivity index is 2.35. The minimum Gasteiger partial charge on any atom is -0.334 e. The number of hydrogen-bond donors (Lipinski definition) is 1. The molecule has 2 rings (SSSR count). The highest BCUT2D eigenvalue weighted by Gasteiger charge is 2.16. The molecule has 0 aliphatic carbocycles. The number of nitrogens with zero attached hydrogens (tertiary/aromatic N) is 3. The second-order valence-corrected chi connectivity index (χ2v) is 4.59. The molecular weight excluding hydrogens is 347 g/mol. The Labute approximate surface area is 117 Å². The van der Waals surface area contributed by atoms with E-state index in [1.807, 2.05) is 53.8 Å². The molecule has 0 atom stereocenters. The molecule has 0 aliphatic heterocycles. The number of hydrogen-bond acceptors (Lipinski definition) is 5. The smallest absolute Gasteiger partial charge is 0.329 e. The zero-order valence-corrected chi connectivity index (χ0v) is 11.6. The number of benzene rings is 1. The van der Waals surface area contributed by atoms with Crippen molar-refractivity contribution in [2.24, 2.45) is 0 Å². The molecule has 1 aromatic carbocycles. The van der Waals surface area contributed by atoms with Gasteiger partial charge in [-0.05, 0) is 19.1 Å². The third-order valence-corrected chi connectivity index (χ3v) is 2.77. The van der Waals surface area contributed by atoms with Gasteiger partial charge in [0.2, 0.25) is 5.82 Å². The predicted molar refractivity (Wildman–Crippen MR) is 75.9 cm³/mol. The number of nitro groups is 1. The topological polar surface area (TPSA) is 81.0 Å². The van der Waals surface area contributed by atoms with Gasteiger partial charge in [-0.2, -0.15) is 4.98 Å². The predicted octanol–water partition coefficient (Wildman–Crippen LogP) is 3.04. The van der Waals surface area contributed by atoms with Crippen LogP contribution in [-0.2, 0) is 0 Å². The number of halogens is 1. The first-order valence-electron chi connectivity index (χ1n) is 5.07. The monoisotopic (exact) mass is 356 g/mol. The summed E-state index contributed by atoms with van der Waals surface area (Å²) in [6.45, 7) is 1.97. The van der Waals surface area contributed by atoms with E-state index in [2.05, 4.69) is 15.3 Å². The van der Waals surface area contributed by atoms with E-state index < -0.39 is 4.92 Å². The standard InChI is InChI=1S/C11H9IN4O2/c1-7-2-4-8(5-3-7)14-10-9(16(17)18)6-13-11(12)15-10/h2-6H,1H3,(H,13,14,15). The fourth-order valence-corrected chi connectivity index (χ4v) is 1.73. The first-order valence-corrected chi connectivity index (χ1v) is 6.15. The van der Waals surface area contributed by atoms with Gasteiger partial charge >= 0.3 is 5.69 Å². The van der Waals surface area contributed by atoms with Crippen LogP contribution in [0.15, 0.2) is 30.5 Å². The van der Waals surface area contributed by atoms with Crippen molar-refractivity contribution < 1.29 is 4.92 Å². The Kier molecular flexibility index (Phi) is 3.70.